The summed E-state index contributed by atoms with van der Waals surface area (Å²) in [5.41, 5.74) is 4.59. The number of halogens is 1. The molecule has 7 nitrogen and oxygen atoms in total. The average molecular weight is 480 g/mol. The first kappa shape index (κ1) is 24.1. The number of nitriles is 1. The van der Waals surface area contributed by atoms with Crippen molar-refractivity contribution in [2.24, 2.45) is 11.0 Å². The van der Waals surface area contributed by atoms with Crippen molar-refractivity contribution in [2.45, 2.75) is 57.5 Å². The normalized spacial score (nSPS) is 20.9. The minimum atomic E-state index is -0.119. The number of ether oxygens (including phenoxy) is 1. The molecule has 0 aliphatic carbocycles. The number of nitrogens with one attached hydrogen (secondary N) is 3. The van der Waals surface area contributed by atoms with E-state index in [-0.39, 0.29) is 28.8 Å². The second-order valence-electron chi connectivity index (χ2n) is 10.3. The van der Waals surface area contributed by atoms with E-state index in [2.05, 4.69) is 54.9 Å². The van der Waals surface area contributed by atoms with Crippen LogP contribution >= 0.6 is 11.6 Å². The Hall–Kier alpha value is -3.08. The Morgan fingerprint density at radius 1 is 1.18 bits per heavy atom. The molecule has 1 atom stereocenters. The number of anilines is 1. The summed E-state index contributed by atoms with van der Waals surface area (Å²) in [6, 6.07) is 12.9. The van der Waals surface area contributed by atoms with E-state index in [1.54, 1.807) is 30.5 Å². The third-order valence-electron chi connectivity index (χ3n) is 6.21. The van der Waals surface area contributed by atoms with Gasteiger partial charge in [-0.05, 0) is 70.4 Å². The molecule has 0 aromatic heterocycles. The molecule has 178 valence electrons. The molecule has 0 spiro atoms. The fraction of sp³-hybridized carbons (Fsp3) is 0.423. The monoisotopic (exact) mass is 479 g/mol. The van der Waals surface area contributed by atoms with Crippen LogP contribution in [0.3, 0.4) is 0 Å². The molecular formula is C26H30ClN5O2. The zero-order valence-electron chi connectivity index (χ0n) is 19.9. The Morgan fingerprint density at radius 3 is 2.53 bits per heavy atom. The van der Waals surface area contributed by atoms with Gasteiger partial charge >= 0.3 is 0 Å². The molecule has 34 heavy (non-hydrogen) atoms. The van der Waals surface area contributed by atoms with Crippen LogP contribution in [0.4, 0.5) is 5.69 Å². The van der Waals surface area contributed by atoms with Gasteiger partial charge in [0.2, 0.25) is 5.91 Å². The summed E-state index contributed by atoms with van der Waals surface area (Å²) < 4.78 is 6.02. The minimum Gasteiger partial charge on any atom is -0.454 e. The van der Waals surface area contributed by atoms with Crippen LogP contribution in [0.5, 0.6) is 11.5 Å². The highest BCUT2D eigenvalue weighted by molar-refractivity contribution is 6.32. The van der Waals surface area contributed by atoms with Gasteiger partial charge in [-0.25, -0.2) is 0 Å². The number of carbonyl (C=O) groups is 1. The first-order chi connectivity index (χ1) is 16.1. The molecule has 3 N–H and O–H groups in total. The third-order valence-corrected chi connectivity index (χ3v) is 6.50. The fourth-order valence-corrected chi connectivity index (χ4v) is 5.35. The van der Waals surface area contributed by atoms with Crippen LogP contribution in [-0.2, 0) is 4.79 Å². The van der Waals surface area contributed by atoms with Gasteiger partial charge in [-0.15, -0.1) is 0 Å². The molecule has 8 heteroatoms. The molecule has 1 fully saturated rings. The maximum atomic E-state index is 13.0. The maximum absolute atomic E-state index is 13.0. The van der Waals surface area contributed by atoms with Crippen molar-refractivity contribution in [3.8, 4) is 17.6 Å². The predicted molar refractivity (Wildman–Crippen MR) is 135 cm³/mol. The Bertz CT molecular complexity index is 1150. The fourth-order valence-electron chi connectivity index (χ4n) is 5.13. The number of rotatable bonds is 5. The number of hydrogen-bond acceptors (Lipinski definition) is 6. The predicted octanol–water partition coefficient (Wildman–Crippen LogP) is 5.17. The summed E-state index contributed by atoms with van der Waals surface area (Å²) in [6.45, 7) is 9.13. The average Bonchev–Trinajstić information content (AvgIpc) is 3.28. The molecular weight excluding hydrogens is 450 g/mol. The molecule has 0 radical (unpaired) electrons. The van der Waals surface area contributed by atoms with Crippen LogP contribution in [0.15, 0.2) is 41.5 Å². The number of hydrazone groups is 1. The largest absolute Gasteiger partial charge is 0.454 e. The van der Waals surface area contributed by atoms with Crippen molar-refractivity contribution in [3.63, 3.8) is 0 Å². The van der Waals surface area contributed by atoms with Crippen molar-refractivity contribution in [1.82, 2.24) is 10.7 Å². The van der Waals surface area contributed by atoms with Gasteiger partial charge in [0.1, 0.15) is 17.6 Å². The van der Waals surface area contributed by atoms with Crippen molar-refractivity contribution in [1.29, 1.82) is 5.26 Å². The highest BCUT2D eigenvalue weighted by atomic mass is 35.5. The highest BCUT2D eigenvalue weighted by Crippen LogP contribution is 2.37. The number of carbonyl (C=O) groups excluding carboxylic acids is 1. The van der Waals surface area contributed by atoms with Gasteiger partial charge in [-0.3, -0.25) is 4.79 Å². The molecule has 4 rings (SSSR count). The van der Waals surface area contributed by atoms with E-state index in [4.69, 9.17) is 16.3 Å². The summed E-state index contributed by atoms with van der Waals surface area (Å²) in [5.74, 6) is 0.735. The maximum Gasteiger partial charge on any atom is 0.227 e. The summed E-state index contributed by atoms with van der Waals surface area (Å²) in [6.07, 6.45) is 3.30. The SMILES string of the molecule is CC1(C)CC(C(=O)Nc2ccc(Oc3cccc(C4C=NNC4)c3C#N)c(Cl)c2)CC(C)(C)N1. The summed E-state index contributed by atoms with van der Waals surface area (Å²) in [5, 5.41) is 20.8. The Morgan fingerprint density at radius 2 is 1.91 bits per heavy atom. The van der Waals surface area contributed by atoms with E-state index in [1.807, 2.05) is 12.1 Å². The summed E-state index contributed by atoms with van der Waals surface area (Å²) >= 11 is 6.50. The smallest absolute Gasteiger partial charge is 0.227 e. The number of amides is 1. The van der Waals surface area contributed by atoms with Gasteiger partial charge in [-0.1, -0.05) is 23.7 Å². The van der Waals surface area contributed by atoms with E-state index < -0.39 is 0 Å². The molecule has 2 aromatic carbocycles. The molecule has 2 aliphatic heterocycles. The van der Waals surface area contributed by atoms with E-state index in [0.29, 0.717) is 34.3 Å². The third kappa shape index (κ3) is 5.35. The van der Waals surface area contributed by atoms with Crippen molar-refractivity contribution < 1.29 is 9.53 Å². The van der Waals surface area contributed by atoms with Crippen molar-refractivity contribution in [3.05, 3.63) is 52.5 Å². The van der Waals surface area contributed by atoms with Crippen LogP contribution in [-0.4, -0.2) is 29.7 Å². The number of piperidine rings is 1. The lowest BCUT2D eigenvalue weighted by atomic mass is 9.75. The van der Waals surface area contributed by atoms with Gasteiger partial charge < -0.3 is 20.8 Å². The molecule has 1 amide bonds. The molecule has 2 aliphatic rings. The molecule has 1 unspecified atom stereocenters. The van der Waals surface area contributed by atoms with E-state index in [1.165, 1.54) is 0 Å². The zero-order chi connectivity index (χ0) is 24.5. The van der Waals surface area contributed by atoms with Crippen LogP contribution in [0.25, 0.3) is 0 Å². The van der Waals surface area contributed by atoms with Crippen molar-refractivity contribution >= 4 is 29.4 Å². The number of nitrogens with zero attached hydrogens (tertiary/aromatic N) is 2. The summed E-state index contributed by atoms with van der Waals surface area (Å²) in [4.78, 5) is 13.0. The van der Waals surface area contributed by atoms with Gasteiger partial charge in [-0.2, -0.15) is 10.4 Å². The van der Waals surface area contributed by atoms with E-state index >= 15 is 0 Å². The molecule has 0 bridgehead atoms. The molecule has 2 aromatic rings. The lowest BCUT2D eigenvalue weighted by Gasteiger charge is -2.46. The standard InChI is InChI=1S/C26H30ClN5O2/c1-25(2)11-16(12-26(3,4)32-25)24(33)31-18-8-9-23(21(27)10-18)34-22-7-5-6-19(20(22)13-28)17-14-29-30-15-17/h5-10,14,16-17,30,32H,11-12,15H2,1-4H3,(H,31,33). The quantitative estimate of drug-likeness (QED) is 0.549. The van der Waals surface area contributed by atoms with Crippen molar-refractivity contribution in [2.75, 3.05) is 11.9 Å². The Kier molecular flexibility index (Phi) is 6.57. The number of hydrogen-bond donors (Lipinski definition) is 3. The van der Waals surface area contributed by atoms with Crippen LogP contribution in [0.1, 0.15) is 57.6 Å². The van der Waals surface area contributed by atoms with Crippen LogP contribution in [0.2, 0.25) is 5.02 Å². The number of benzene rings is 2. The molecule has 0 saturated carbocycles. The molecule has 2 heterocycles. The highest BCUT2D eigenvalue weighted by Gasteiger charge is 2.40. The van der Waals surface area contributed by atoms with E-state index in [0.717, 1.165) is 18.4 Å². The lowest BCUT2D eigenvalue weighted by Crippen LogP contribution is -2.59. The van der Waals surface area contributed by atoms with Gasteiger partial charge in [0, 0.05) is 41.4 Å². The topological polar surface area (TPSA) is 98.5 Å². The Balaban J connectivity index is 1.49. The van der Waals surface area contributed by atoms with Crippen LogP contribution in [0, 0.1) is 17.2 Å². The van der Waals surface area contributed by atoms with Crippen LogP contribution < -0.4 is 20.8 Å². The first-order valence-electron chi connectivity index (χ1n) is 11.4. The first-order valence-corrected chi connectivity index (χ1v) is 11.8. The minimum absolute atomic E-state index is 0.0104. The van der Waals surface area contributed by atoms with Gasteiger partial charge in [0.25, 0.3) is 0 Å². The van der Waals surface area contributed by atoms with Gasteiger partial charge in [0.15, 0.2) is 0 Å². The Labute approximate surface area is 205 Å². The van der Waals surface area contributed by atoms with Gasteiger partial charge in [0.05, 0.1) is 10.6 Å². The van der Waals surface area contributed by atoms with E-state index in [9.17, 15) is 10.1 Å². The second-order valence-corrected chi connectivity index (χ2v) is 10.7. The molecule has 1 saturated heterocycles. The second kappa shape index (κ2) is 9.28. The summed E-state index contributed by atoms with van der Waals surface area (Å²) in [7, 11) is 0. The zero-order valence-corrected chi connectivity index (χ0v) is 20.7. The lowest BCUT2D eigenvalue weighted by molar-refractivity contribution is -0.122.